The second-order valence-electron chi connectivity index (χ2n) is 4.38. The molecule has 1 aromatic carbocycles. The molecule has 0 radical (unpaired) electrons. The molecule has 1 aliphatic rings. The van der Waals surface area contributed by atoms with Gasteiger partial charge in [-0.05, 0) is 18.9 Å². The summed E-state index contributed by atoms with van der Waals surface area (Å²) >= 11 is 1.65. The molecule has 1 aromatic heterocycles. The summed E-state index contributed by atoms with van der Waals surface area (Å²) in [6, 6.07) is 7.85. The number of fused-ring (bicyclic) bond motifs is 3. The van der Waals surface area contributed by atoms with Crippen LogP contribution in [-0.4, -0.2) is 18.9 Å². The lowest BCUT2D eigenvalue weighted by Crippen LogP contribution is -2.29. The van der Waals surface area contributed by atoms with Crippen LogP contribution in [0.1, 0.15) is 21.7 Å². The molecular formula is C14H12O3S. The van der Waals surface area contributed by atoms with Crippen molar-refractivity contribution < 1.29 is 14.3 Å². The molecule has 1 unspecified atom stereocenters. The molecule has 3 nitrogen and oxygen atoms in total. The van der Waals surface area contributed by atoms with Crippen LogP contribution in [0.15, 0.2) is 24.3 Å². The summed E-state index contributed by atoms with van der Waals surface area (Å²) in [6.45, 7) is 0. The maximum atomic E-state index is 12.4. The molecular weight excluding hydrogens is 248 g/mol. The van der Waals surface area contributed by atoms with Crippen LogP contribution in [0.5, 0.6) is 0 Å². The van der Waals surface area contributed by atoms with Crippen molar-refractivity contribution in [2.45, 2.75) is 12.8 Å². The molecule has 3 rings (SSSR count). The molecule has 2 aromatic rings. The van der Waals surface area contributed by atoms with Crippen LogP contribution in [0.4, 0.5) is 0 Å². The molecule has 4 heteroatoms. The minimum atomic E-state index is -0.625. The summed E-state index contributed by atoms with van der Waals surface area (Å²) in [6.07, 6.45) is 1.34. The Balaban J connectivity index is 2.14. The highest BCUT2D eigenvalue weighted by molar-refractivity contribution is 7.19. The smallest absolute Gasteiger partial charge is 0.316 e. The van der Waals surface area contributed by atoms with Crippen LogP contribution in [-0.2, 0) is 16.0 Å². The van der Waals surface area contributed by atoms with E-state index in [1.54, 1.807) is 11.3 Å². The molecule has 0 bridgehead atoms. The van der Waals surface area contributed by atoms with Crippen LogP contribution in [0.3, 0.4) is 0 Å². The third kappa shape index (κ3) is 1.56. The Labute approximate surface area is 108 Å². The van der Waals surface area contributed by atoms with Gasteiger partial charge in [-0.2, -0.15) is 0 Å². The fraction of sp³-hybridized carbons (Fsp3) is 0.286. The lowest BCUT2D eigenvalue weighted by atomic mass is 9.85. The van der Waals surface area contributed by atoms with Crippen LogP contribution in [0.2, 0.25) is 0 Å². The van der Waals surface area contributed by atoms with E-state index in [4.69, 9.17) is 4.74 Å². The molecule has 92 valence electrons. The quantitative estimate of drug-likeness (QED) is 0.585. The summed E-state index contributed by atoms with van der Waals surface area (Å²) in [7, 11) is 1.33. The van der Waals surface area contributed by atoms with Gasteiger partial charge in [0.2, 0.25) is 0 Å². The topological polar surface area (TPSA) is 43.4 Å². The Morgan fingerprint density at radius 2 is 2.17 bits per heavy atom. The van der Waals surface area contributed by atoms with Gasteiger partial charge in [-0.25, -0.2) is 0 Å². The first kappa shape index (κ1) is 11.4. The van der Waals surface area contributed by atoms with Gasteiger partial charge >= 0.3 is 5.97 Å². The van der Waals surface area contributed by atoms with E-state index < -0.39 is 11.9 Å². The van der Waals surface area contributed by atoms with E-state index in [-0.39, 0.29) is 5.78 Å². The minimum Gasteiger partial charge on any atom is -0.468 e. The summed E-state index contributed by atoms with van der Waals surface area (Å²) < 4.78 is 5.82. The molecule has 1 aliphatic carbocycles. The number of esters is 1. The molecule has 0 fully saturated rings. The van der Waals surface area contributed by atoms with Gasteiger partial charge in [-0.1, -0.05) is 18.2 Å². The predicted molar refractivity (Wildman–Crippen MR) is 70.0 cm³/mol. The second kappa shape index (κ2) is 4.21. The van der Waals surface area contributed by atoms with Crippen molar-refractivity contribution in [1.29, 1.82) is 0 Å². The van der Waals surface area contributed by atoms with Crippen molar-refractivity contribution in [3.05, 3.63) is 34.7 Å². The number of ether oxygens (including phenoxy) is 1. The number of Topliss-reactive ketones (excluding diaryl/α,β-unsaturated/α-hetero) is 1. The lowest BCUT2D eigenvalue weighted by molar-refractivity contribution is -0.143. The number of thiophene rings is 1. The van der Waals surface area contributed by atoms with E-state index in [2.05, 4.69) is 0 Å². The number of carbonyl (C=O) groups excluding carboxylic acids is 2. The van der Waals surface area contributed by atoms with Gasteiger partial charge in [0.1, 0.15) is 5.92 Å². The van der Waals surface area contributed by atoms with Crippen molar-refractivity contribution in [3.8, 4) is 0 Å². The van der Waals surface area contributed by atoms with Crippen LogP contribution < -0.4 is 0 Å². The molecule has 0 amide bonds. The normalized spacial score (nSPS) is 18.7. The molecule has 0 saturated heterocycles. The zero-order chi connectivity index (χ0) is 12.7. The molecule has 0 aliphatic heterocycles. The Bertz CT molecular complexity index is 642. The minimum absolute atomic E-state index is 0.0828. The van der Waals surface area contributed by atoms with Crippen LogP contribution in [0.25, 0.3) is 10.1 Å². The van der Waals surface area contributed by atoms with E-state index in [9.17, 15) is 9.59 Å². The number of rotatable bonds is 1. The van der Waals surface area contributed by atoms with Crippen molar-refractivity contribution >= 4 is 33.2 Å². The lowest BCUT2D eigenvalue weighted by Gasteiger charge is -2.18. The van der Waals surface area contributed by atoms with E-state index >= 15 is 0 Å². The maximum Gasteiger partial charge on any atom is 0.316 e. The highest BCUT2D eigenvalue weighted by atomic mass is 32.1. The summed E-state index contributed by atoms with van der Waals surface area (Å²) in [4.78, 5) is 25.1. The SMILES string of the molecule is COC(=O)C1CCc2sc3ccccc3c2C1=O. The fourth-order valence-electron chi connectivity index (χ4n) is 2.49. The number of ketones is 1. The van der Waals surface area contributed by atoms with Gasteiger partial charge in [0.25, 0.3) is 0 Å². The predicted octanol–water partition coefficient (Wildman–Crippen LogP) is 2.82. The van der Waals surface area contributed by atoms with Gasteiger partial charge in [-0.3, -0.25) is 9.59 Å². The number of carbonyl (C=O) groups is 2. The van der Waals surface area contributed by atoms with E-state index in [1.807, 2.05) is 24.3 Å². The van der Waals surface area contributed by atoms with Gasteiger partial charge in [0, 0.05) is 20.5 Å². The third-order valence-corrected chi connectivity index (χ3v) is 4.61. The number of hydrogen-bond acceptors (Lipinski definition) is 4. The first-order valence-corrected chi connectivity index (χ1v) is 6.66. The zero-order valence-electron chi connectivity index (χ0n) is 9.93. The molecule has 18 heavy (non-hydrogen) atoms. The highest BCUT2D eigenvalue weighted by Crippen LogP contribution is 2.38. The monoisotopic (exact) mass is 260 g/mol. The molecule has 0 saturated carbocycles. The summed E-state index contributed by atoms with van der Waals surface area (Å²) in [5.41, 5.74) is 0.734. The molecule has 1 heterocycles. The second-order valence-corrected chi connectivity index (χ2v) is 5.51. The first-order valence-electron chi connectivity index (χ1n) is 5.85. The van der Waals surface area contributed by atoms with Gasteiger partial charge in [-0.15, -0.1) is 11.3 Å². The number of hydrogen-bond donors (Lipinski definition) is 0. The number of aryl methyl sites for hydroxylation is 1. The van der Waals surface area contributed by atoms with E-state index in [1.165, 1.54) is 7.11 Å². The Morgan fingerprint density at radius 3 is 2.94 bits per heavy atom. The first-order chi connectivity index (χ1) is 8.72. The third-order valence-electron chi connectivity index (χ3n) is 3.38. The van der Waals surface area contributed by atoms with E-state index in [0.29, 0.717) is 6.42 Å². The molecule has 1 atom stereocenters. The van der Waals surface area contributed by atoms with Gasteiger partial charge in [0.05, 0.1) is 7.11 Å². The van der Waals surface area contributed by atoms with Crippen molar-refractivity contribution in [2.75, 3.05) is 7.11 Å². The standard InChI is InChI=1S/C14H12O3S/c1-17-14(16)9-6-7-11-12(13(9)15)8-4-2-3-5-10(8)18-11/h2-5,9H,6-7H2,1H3. The fourth-order valence-corrected chi connectivity index (χ4v) is 3.71. The average Bonchev–Trinajstić information content (AvgIpc) is 2.77. The maximum absolute atomic E-state index is 12.4. The number of methoxy groups -OCH3 is 1. The average molecular weight is 260 g/mol. The van der Waals surface area contributed by atoms with Gasteiger partial charge in [0.15, 0.2) is 5.78 Å². The Hall–Kier alpha value is -1.68. The largest absolute Gasteiger partial charge is 0.468 e. The van der Waals surface area contributed by atoms with Crippen molar-refractivity contribution in [3.63, 3.8) is 0 Å². The Morgan fingerprint density at radius 1 is 1.39 bits per heavy atom. The molecule has 0 spiro atoms. The highest BCUT2D eigenvalue weighted by Gasteiger charge is 2.35. The van der Waals surface area contributed by atoms with Crippen LogP contribution in [0, 0.1) is 5.92 Å². The van der Waals surface area contributed by atoms with E-state index in [0.717, 1.165) is 26.9 Å². The van der Waals surface area contributed by atoms with Gasteiger partial charge < -0.3 is 4.74 Å². The molecule has 0 N–H and O–H groups in total. The van der Waals surface area contributed by atoms with Crippen molar-refractivity contribution in [1.82, 2.24) is 0 Å². The zero-order valence-corrected chi connectivity index (χ0v) is 10.8. The summed E-state index contributed by atoms with van der Waals surface area (Å²) in [5, 5.41) is 0.969. The van der Waals surface area contributed by atoms with Crippen molar-refractivity contribution in [2.24, 2.45) is 5.92 Å². The van der Waals surface area contributed by atoms with Crippen LogP contribution >= 0.6 is 11.3 Å². The summed E-state index contributed by atoms with van der Waals surface area (Å²) in [5.74, 6) is -1.12. The number of benzene rings is 1. The Kier molecular flexibility index (Phi) is 2.67.